The minimum Gasteiger partial charge on any atom is -0.325 e. The Morgan fingerprint density at radius 3 is 2.58 bits per heavy atom. The lowest BCUT2D eigenvalue weighted by atomic mass is 10.1. The standard InChI is InChI=1S/C15H10BrF2N5O/c16-9-1-2-13(12(6-9)15-20-22-23-21-15)19-14(24)5-8-3-10(17)7-11(18)4-8/h1-4,6-7H,5H2,(H,19,24)(H,20,21,22,23). The maximum absolute atomic E-state index is 13.2. The Balaban J connectivity index is 1.82. The molecule has 3 aromatic rings. The molecular weight excluding hydrogens is 384 g/mol. The van der Waals surface area contributed by atoms with E-state index in [0.717, 1.165) is 22.7 Å². The summed E-state index contributed by atoms with van der Waals surface area (Å²) in [4.78, 5) is 12.2. The molecule has 1 aromatic heterocycles. The lowest BCUT2D eigenvalue weighted by Gasteiger charge is -2.10. The van der Waals surface area contributed by atoms with Gasteiger partial charge in [0.2, 0.25) is 5.91 Å². The van der Waals surface area contributed by atoms with Crippen LogP contribution in [-0.2, 0) is 11.2 Å². The second kappa shape index (κ2) is 6.83. The van der Waals surface area contributed by atoms with Crippen molar-refractivity contribution in [2.45, 2.75) is 6.42 Å². The van der Waals surface area contributed by atoms with Gasteiger partial charge in [0.05, 0.1) is 12.1 Å². The van der Waals surface area contributed by atoms with Crippen LogP contribution >= 0.6 is 15.9 Å². The Hall–Kier alpha value is -2.68. The summed E-state index contributed by atoms with van der Waals surface area (Å²) in [5.41, 5.74) is 1.29. The lowest BCUT2D eigenvalue weighted by molar-refractivity contribution is -0.115. The van der Waals surface area contributed by atoms with Crippen LogP contribution in [-0.4, -0.2) is 26.5 Å². The predicted octanol–water partition coefficient (Wildman–Crippen LogP) is 3.09. The number of halogens is 3. The second-order valence-electron chi connectivity index (χ2n) is 4.94. The number of carbonyl (C=O) groups is 1. The van der Waals surface area contributed by atoms with Gasteiger partial charge in [0.15, 0.2) is 5.82 Å². The zero-order valence-electron chi connectivity index (χ0n) is 12.1. The van der Waals surface area contributed by atoms with Gasteiger partial charge in [-0.3, -0.25) is 4.79 Å². The first-order valence-corrected chi connectivity index (χ1v) is 7.59. The van der Waals surface area contributed by atoms with E-state index >= 15 is 0 Å². The van der Waals surface area contributed by atoms with Crippen LogP contribution in [0.5, 0.6) is 0 Å². The summed E-state index contributed by atoms with van der Waals surface area (Å²) in [6.07, 6.45) is -0.168. The number of anilines is 1. The van der Waals surface area contributed by atoms with Crippen molar-refractivity contribution in [1.82, 2.24) is 20.6 Å². The van der Waals surface area contributed by atoms with Crippen LogP contribution in [0, 0.1) is 11.6 Å². The van der Waals surface area contributed by atoms with Crippen LogP contribution in [0.15, 0.2) is 40.9 Å². The maximum atomic E-state index is 13.2. The third-order valence-electron chi connectivity index (χ3n) is 3.14. The van der Waals surface area contributed by atoms with Crippen molar-refractivity contribution < 1.29 is 13.6 Å². The molecule has 1 amide bonds. The van der Waals surface area contributed by atoms with Gasteiger partial charge < -0.3 is 5.32 Å². The molecule has 2 N–H and O–H groups in total. The third kappa shape index (κ3) is 3.80. The Kier molecular flexibility index (Phi) is 4.61. The van der Waals surface area contributed by atoms with Crippen molar-refractivity contribution >= 4 is 27.5 Å². The van der Waals surface area contributed by atoms with Gasteiger partial charge in [-0.15, -0.1) is 5.10 Å². The van der Waals surface area contributed by atoms with Gasteiger partial charge in [-0.2, -0.15) is 0 Å². The molecule has 24 heavy (non-hydrogen) atoms. The summed E-state index contributed by atoms with van der Waals surface area (Å²) in [5, 5.41) is 16.1. The summed E-state index contributed by atoms with van der Waals surface area (Å²) in [5.74, 6) is -1.50. The normalized spacial score (nSPS) is 10.6. The molecule has 0 radical (unpaired) electrons. The number of aromatic nitrogens is 4. The Bertz CT molecular complexity index is 865. The number of hydrogen-bond acceptors (Lipinski definition) is 4. The Morgan fingerprint density at radius 2 is 1.92 bits per heavy atom. The third-order valence-corrected chi connectivity index (χ3v) is 3.64. The highest BCUT2D eigenvalue weighted by atomic mass is 79.9. The quantitative estimate of drug-likeness (QED) is 0.713. The number of hydrogen-bond donors (Lipinski definition) is 2. The van der Waals surface area contributed by atoms with Crippen LogP contribution in [0.4, 0.5) is 14.5 Å². The average Bonchev–Trinajstić information content (AvgIpc) is 3.02. The van der Waals surface area contributed by atoms with Gasteiger partial charge in [0, 0.05) is 16.1 Å². The fourth-order valence-electron chi connectivity index (χ4n) is 2.19. The number of nitrogens with zero attached hydrogens (tertiary/aromatic N) is 3. The van der Waals surface area contributed by atoms with Crippen molar-refractivity contribution in [2.75, 3.05) is 5.32 Å². The molecule has 0 unspecified atom stereocenters. The topological polar surface area (TPSA) is 83.6 Å². The molecule has 0 fully saturated rings. The molecule has 0 spiro atoms. The van der Waals surface area contributed by atoms with Crippen molar-refractivity contribution in [2.24, 2.45) is 0 Å². The summed E-state index contributed by atoms with van der Waals surface area (Å²) >= 11 is 3.34. The molecule has 3 rings (SSSR count). The van der Waals surface area contributed by atoms with Crippen LogP contribution in [0.25, 0.3) is 11.4 Å². The van der Waals surface area contributed by atoms with E-state index in [1.165, 1.54) is 0 Å². The number of aromatic amines is 1. The number of carbonyl (C=O) groups excluding carboxylic acids is 1. The molecule has 0 aliphatic carbocycles. The van der Waals surface area contributed by atoms with Crippen LogP contribution in [0.2, 0.25) is 0 Å². The molecule has 9 heteroatoms. The number of benzene rings is 2. The van der Waals surface area contributed by atoms with Crippen LogP contribution in [0.1, 0.15) is 5.56 Å². The van der Waals surface area contributed by atoms with E-state index in [9.17, 15) is 13.6 Å². The van der Waals surface area contributed by atoms with Gasteiger partial charge >= 0.3 is 0 Å². The highest BCUT2D eigenvalue weighted by Gasteiger charge is 2.13. The smallest absolute Gasteiger partial charge is 0.228 e. The molecular formula is C15H10BrF2N5O. The first-order valence-electron chi connectivity index (χ1n) is 6.80. The van der Waals surface area contributed by atoms with Crippen LogP contribution in [0.3, 0.4) is 0 Å². The summed E-state index contributed by atoms with van der Waals surface area (Å²) in [6, 6.07) is 8.14. The molecule has 0 aliphatic heterocycles. The molecule has 2 aromatic carbocycles. The van der Waals surface area contributed by atoms with E-state index in [1.807, 2.05) is 0 Å². The number of H-pyrrole nitrogens is 1. The van der Waals surface area contributed by atoms with E-state index in [-0.39, 0.29) is 12.0 Å². The first-order chi connectivity index (χ1) is 11.5. The van der Waals surface area contributed by atoms with Gasteiger partial charge in [0.25, 0.3) is 0 Å². The molecule has 0 saturated heterocycles. The van der Waals surface area contributed by atoms with Gasteiger partial charge in [-0.05, 0) is 46.3 Å². The summed E-state index contributed by atoms with van der Waals surface area (Å²) < 4.78 is 27.2. The fourth-order valence-corrected chi connectivity index (χ4v) is 2.55. The zero-order chi connectivity index (χ0) is 17.1. The van der Waals surface area contributed by atoms with Crippen molar-refractivity contribution in [3.63, 3.8) is 0 Å². The van der Waals surface area contributed by atoms with E-state index in [4.69, 9.17) is 0 Å². The van der Waals surface area contributed by atoms with E-state index in [0.29, 0.717) is 17.1 Å². The first kappa shape index (κ1) is 16.2. The zero-order valence-corrected chi connectivity index (χ0v) is 13.6. The maximum Gasteiger partial charge on any atom is 0.228 e. The molecule has 6 nitrogen and oxygen atoms in total. The number of rotatable bonds is 4. The van der Waals surface area contributed by atoms with Gasteiger partial charge in [-0.25, -0.2) is 13.9 Å². The Labute approximate surface area is 143 Å². The monoisotopic (exact) mass is 393 g/mol. The van der Waals surface area contributed by atoms with Crippen molar-refractivity contribution in [3.05, 3.63) is 58.1 Å². The lowest BCUT2D eigenvalue weighted by Crippen LogP contribution is -2.15. The molecule has 1 heterocycles. The minimum atomic E-state index is -0.727. The number of amides is 1. The Morgan fingerprint density at radius 1 is 1.17 bits per heavy atom. The van der Waals surface area contributed by atoms with E-state index < -0.39 is 17.5 Å². The van der Waals surface area contributed by atoms with E-state index in [2.05, 4.69) is 41.9 Å². The summed E-state index contributed by atoms with van der Waals surface area (Å²) in [7, 11) is 0. The average molecular weight is 394 g/mol. The van der Waals surface area contributed by atoms with E-state index in [1.54, 1.807) is 18.2 Å². The van der Waals surface area contributed by atoms with Crippen molar-refractivity contribution in [1.29, 1.82) is 0 Å². The number of nitrogens with one attached hydrogen (secondary N) is 2. The summed E-state index contributed by atoms with van der Waals surface area (Å²) in [6.45, 7) is 0. The molecule has 0 saturated carbocycles. The second-order valence-corrected chi connectivity index (χ2v) is 5.86. The highest BCUT2D eigenvalue weighted by molar-refractivity contribution is 9.10. The minimum absolute atomic E-state index is 0.168. The highest BCUT2D eigenvalue weighted by Crippen LogP contribution is 2.28. The molecule has 122 valence electrons. The largest absolute Gasteiger partial charge is 0.325 e. The molecule has 0 atom stereocenters. The van der Waals surface area contributed by atoms with Crippen molar-refractivity contribution in [3.8, 4) is 11.4 Å². The molecule has 0 aliphatic rings. The van der Waals surface area contributed by atoms with Gasteiger partial charge in [0.1, 0.15) is 11.6 Å². The number of tetrazole rings is 1. The van der Waals surface area contributed by atoms with Crippen LogP contribution < -0.4 is 5.32 Å². The molecule has 0 bridgehead atoms. The predicted molar refractivity (Wildman–Crippen MR) is 86.0 cm³/mol. The van der Waals surface area contributed by atoms with Gasteiger partial charge in [-0.1, -0.05) is 15.9 Å². The fraction of sp³-hybridized carbons (Fsp3) is 0.0667. The SMILES string of the molecule is O=C(Cc1cc(F)cc(F)c1)Nc1ccc(Br)cc1-c1nnn[nH]1.